The normalized spacial score (nSPS) is 19.7. The zero-order valence-electron chi connectivity index (χ0n) is 35.0. The van der Waals surface area contributed by atoms with E-state index in [0.29, 0.717) is 0 Å². The summed E-state index contributed by atoms with van der Waals surface area (Å²) in [6.07, 6.45) is 13.0. The van der Waals surface area contributed by atoms with Crippen molar-refractivity contribution >= 4 is 51.3 Å². The van der Waals surface area contributed by atoms with Crippen LogP contribution in [0.3, 0.4) is 0 Å². The fourth-order valence-corrected chi connectivity index (χ4v) is 10.8. The highest BCUT2D eigenvalue weighted by Gasteiger charge is 2.48. The average Bonchev–Trinajstić information content (AvgIpc) is 4.07. The minimum absolute atomic E-state index is 0.0650. The molecule has 64 heavy (non-hydrogen) atoms. The molecule has 0 radical (unpaired) electrons. The summed E-state index contributed by atoms with van der Waals surface area (Å²) in [5.74, 6) is 0.593. The number of aliphatic imine (C=N–C) groups is 1. The summed E-state index contributed by atoms with van der Waals surface area (Å²) in [5.41, 5.74) is 15.8. The predicted octanol–water partition coefficient (Wildman–Crippen LogP) is 11.2. The molecule has 13 rings (SSSR count). The van der Waals surface area contributed by atoms with Gasteiger partial charge in [0.2, 0.25) is 0 Å². The van der Waals surface area contributed by atoms with E-state index in [1.54, 1.807) is 0 Å². The first-order valence-corrected chi connectivity index (χ1v) is 22.2. The number of hydrogen-bond donors (Lipinski definition) is 0. The highest BCUT2D eigenvalue weighted by Crippen LogP contribution is 2.51. The molecule has 7 aromatic carbocycles. The van der Waals surface area contributed by atoms with Crippen molar-refractivity contribution in [1.82, 2.24) is 0 Å². The van der Waals surface area contributed by atoms with Crippen LogP contribution in [0.25, 0.3) is 39.6 Å². The molecule has 302 valence electrons. The molecule has 4 heteroatoms. The first-order valence-electron chi connectivity index (χ1n) is 22.2. The number of anilines is 2. The van der Waals surface area contributed by atoms with Gasteiger partial charge in [-0.3, -0.25) is 0 Å². The summed E-state index contributed by atoms with van der Waals surface area (Å²) in [5, 5.41) is 3.20. The van der Waals surface area contributed by atoms with Crippen LogP contribution in [0.1, 0.15) is 40.4 Å². The molecule has 2 aliphatic heterocycles. The molecule has 0 saturated heterocycles. The van der Waals surface area contributed by atoms with Gasteiger partial charge < -0.3 is 9.32 Å². The second-order valence-corrected chi connectivity index (χ2v) is 17.2. The molecule has 0 bridgehead atoms. The maximum Gasteiger partial charge on any atom is 0.160 e. The van der Waals surface area contributed by atoms with E-state index in [-0.39, 0.29) is 11.8 Å². The van der Waals surface area contributed by atoms with Gasteiger partial charge in [-0.1, -0.05) is 188 Å². The van der Waals surface area contributed by atoms with E-state index in [1.807, 2.05) is 0 Å². The Morgan fingerprint density at radius 3 is 1.97 bits per heavy atom. The Bertz CT molecular complexity index is 3560. The summed E-state index contributed by atoms with van der Waals surface area (Å²) in [6.45, 7) is 0. The molecule has 3 unspecified atom stereocenters. The van der Waals surface area contributed by atoms with Crippen molar-refractivity contribution in [2.45, 2.75) is 17.9 Å². The number of allylic oxidation sites excluding steroid dienone is 4. The van der Waals surface area contributed by atoms with Gasteiger partial charge in [0, 0.05) is 55.9 Å². The lowest BCUT2D eigenvalue weighted by Crippen LogP contribution is -2.53. The molecule has 0 amide bonds. The third-order valence-electron chi connectivity index (χ3n) is 13.7. The molecule has 3 atom stereocenters. The van der Waals surface area contributed by atoms with Crippen LogP contribution in [-0.4, -0.2) is 11.3 Å². The lowest BCUT2D eigenvalue weighted by Gasteiger charge is -2.49. The predicted molar refractivity (Wildman–Crippen MR) is 260 cm³/mol. The SMILES string of the molecule is C1=CC(C2C=c3c4c(oc3=C3N=c5ccccc5=C32)C2=Nc3ccccc3C2=CC4c2ccccc2)(N(c2ccccc2)c2ccc(-c3ccccc3)cc2)CC=C1c1ccccc1. The van der Waals surface area contributed by atoms with Crippen LogP contribution in [0, 0.1) is 5.92 Å². The van der Waals surface area contributed by atoms with Crippen LogP contribution >= 0.6 is 0 Å². The molecule has 8 aromatic rings. The van der Waals surface area contributed by atoms with Crippen LogP contribution in [-0.2, 0) is 0 Å². The van der Waals surface area contributed by atoms with Gasteiger partial charge in [0.15, 0.2) is 11.2 Å². The average molecular weight is 820 g/mol. The minimum Gasteiger partial charge on any atom is -0.452 e. The molecule has 4 nitrogen and oxygen atoms in total. The summed E-state index contributed by atoms with van der Waals surface area (Å²) < 4.78 is 7.30. The van der Waals surface area contributed by atoms with Crippen molar-refractivity contribution in [1.29, 1.82) is 0 Å². The van der Waals surface area contributed by atoms with Gasteiger partial charge in [0.05, 0.1) is 16.6 Å². The first kappa shape index (κ1) is 36.6. The third kappa shape index (κ3) is 5.62. The second kappa shape index (κ2) is 14.5. The molecule has 3 aliphatic carbocycles. The Labute approximate surface area is 371 Å². The van der Waals surface area contributed by atoms with Gasteiger partial charge in [-0.2, -0.15) is 0 Å². The number of rotatable bonds is 7. The van der Waals surface area contributed by atoms with E-state index < -0.39 is 5.54 Å². The lowest BCUT2D eigenvalue weighted by atomic mass is 9.69. The van der Waals surface area contributed by atoms with E-state index in [2.05, 4.69) is 229 Å². The van der Waals surface area contributed by atoms with Crippen molar-refractivity contribution < 1.29 is 4.42 Å². The molecule has 0 fully saturated rings. The number of para-hydroxylation sites is 3. The molecule has 5 aliphatic rings. The fourth-order valence-electron chi connectivity index (χ4n) is 10.8. The van der Waals surface area contributed by atoms with E-state index in [0.717, 1.165) is 78.6 Å². The Hall–Kier alpha value is -8.08. The van der Waals surface area contributed by atoms with Gasteiger partial charge in [-0.05, 0) is 70.6 Å². The Morgan fingerprint density at radius 2 is 1.22 bits per heavy atom. The van der Waals surface area contributed by atoms with E-state index >= 15 is 0 Å². The zero-order chi connectivity index (χ0) is 42.2. The van der Waals surface area contributed by atoms with Crippen molar-refractivity contribution in [3.05, 3.63) is 268 Å². The van der Waals surface area contributed by atoms with Crippen LogP contribution in [0.15, 0.2) is 233 Å². The smallest absolute Gasteiger partial charge is 0.160 e. The van der Waals surface area contributed by atoms with Crippen LogP contribution in [0.4, 0.5) is 17.1 Å². The summed E-state index contributed by atoms with van der Waals surface area (Å²) in [7, 11) is 0. The monoisotopic (exact) mass is 819 g/mol. The second-order valence-electron chi connectivity index (χ2n) is 17.2. The van der Waals surface area contributed by atoms with Crippen molar-refractivity contribution in [2.24, 2.45) is 15.9 Å². The van der Waals surface area contributed by atoms with Gasteiger partial charge in [0.1, 0.15) is 11.4 Å². The third-order valence-corrected chi connectivity index (χ3v) is 13.7. The topological polar surface area (TPSA) is 41.1 Å². The van der Waals surface area contributed by atoms with Crippen LogP contribution in [0.5, 0.6) is 0 Å². The van der Waals surface area contributed by atoms with E-state index in [1.165, 1.54) is 33.4 Å². The summed E-state index contributed by atoms with van der Waals surface area (Å²) in [4.78, 5) is 13.4. The zero-order valence-corrected chi connectivity index (χ0v) is 35.0. The van der Waals surface area contributed by atoms with Crippen LogP contribution < -0.4 is 26.1 Å². The van der Waals surface area contributed by atoms with Gasteiger partial charge in [0.25, 0.3) is 0 Å². The lowest BCUT2D eigenvalue weighted by molar-refractivity contribution is 0.466. The molecular formula is C60H41N3O. The largest absolute Gasteiger partial charge is 0.452 e. The molecule has 3 heterocycles. The fraction of sp³-hybridized carbons (Fsp3) is 0.0667. The molecule has 0 N–H and O–H groups in total. The number of fused-ring (bicyclic) bond motifs is 9. The summed E-state index contributed by atoms with van der Waals surface area (Å²) in [6, 6.07) is 69.4. The molecule has 1 aromatic heterocycles. The van der Waals surface area contributed by atoms with Gasteiger partial charge >= 0.3 is 0 Å². The highest BCUT2D eigenvalue weighted by molar-refractivity contribution is 6.36. The molecule has 0 saturated carbocycles. The maximum atomic E-state index is 7.30. The standard InChI is InChI=1S/C60H41N3O/c1-5-17-39(18-6-1)41-29-31-45(32-30-41)63(44-23-11-4-12-24-44)60(35-33-42(34-36-60)40-19-7-2-8-20-40)51-38-50-54-48(43-21-9-3-10-22-43)37-49-46-25-13-15-27-52(46)61-56(49)59(54)64-58(50)57-55(51)47-26-14-16-28-53(47)62-57/h1-35,37-38,48,51H,36H2. The van der Waals surface area contributed by atoms with Crippen molar-refractivity contribution in [3.63, 3.8) is 0 Å². The van der Waals surface area contributed by atoms with Crippen molar-refractivity contribution in [3.8, 4) is 11.1 Å². The Morgan fingerprint density at radius 1 is 0.578 bits per heavy atom. The Kier molecular flexibility index (Phi) is 8.29. The molecule has 0 spiro atoms. The maximum absolute atomic E-state index is 7.30. The quantitative estimate of drug-likeness (QED) is 0.161. The minimum atomic E-state index is -0.637. The Balaban J connectivity index is 1.10. The van der Waals surface area contributed by atoms with Crippen LogP contribution in [0.2, 0.25) is 0 Å². The van der Waals surface area contributed by atoms with E-state index in [9.17, 15) is 0 Å². The number of benzene rings is 7. The number of nitrogens with zero attached hydrogens (tertiary/aromatic N) is 3. The van der Waals surface area contributed by atoms with Gasteiger partial charge in [-0.15, -0.1) is 0 Å². The van der Waals surface area contributed by atoms with Crippen molar-refractivity contribution in [2.75, 3.05) is 4.90 Å². The first-order chi connectivity index (χ1) is 31.7. The molecular weight excluding hydrogens is 779 g/mol. The number of furan rings is 1. The van der Waals surface area contributed by atoms with Gasteiger partial charge in [-0.25, -0.2) is 9.98 Å². The van der Waals surface area contributed by atoms with E-state index in [4.69, 9.17) is 14.4 Å². The highest BCUT2D eigenvalue weighted by atomic mass is 16.3. The summed E-state index contributed by atoms with van der Waals surface area (Å²) >= 11 is 0. The number of hydrogen-bond acceptors (Lipinski definition) is 4.